The van der Waals surface area contributed by atoms with E-state index in [0.29, 0.717) is 23.1 Å². The number of nitrogens with one attached hydrogen (secondary N) is 3. The van der Waals surface area contributed by atoms with E-state index in [1.54, 1.807) is 6.07 Å². The summed E-state index contributed by atoms with van der Waals surface area (Å²) in [6.45, 7) is 5.83. The van der Waals surface area contributed by atoms with E-state index in [0.717, 1.165) is 48.1 Å². The van der Waals surface area contributed by atoms with Crippen LogP contribution in [0, 0.1) is 20.8 Å². The predicted molar refractivity (Wildman–Crippen MR) is 112 cm³/mol. The van der Waals surface area contributed by atoms with Gasteiger partial charge in [0.2, 0.25) is 5.95 Å². The number of carbonyl (C=O) groups is 1. The van der Waals surface area contributed by atoms with E-state index in [9.17, 15) is 9.59 Å². The van der Waals surface area contributed by atoms with Crippen LogP contribution in [-0.4, -0.2) is 25.8 Å². The average molecular weight is 392 g/mol. The lowest BCUT2D eigenvalue weighted by molar-refractivity contribution is 0.262. The maximum absolute atomic E-state index is 12.5. The van der Waals surface area contributed by atoms with Crippen LogP contribution >= 0.6 is 0 Å². The maximum atomic E-state index is 12.5. The van der Waals surface area contributed by atoms with Crippen LogP contribution in [0.25, 0.3) is 5.95 Å². The molecule has 0 radical (unpaired) electrons. The Labute approximate surface area is 168 Å². The number of aryl methyl sites for hydroxylation is 4. The highest BCUT2D eigenvalue weighted by Crippen LogP contribution is 2.20. The van der Waals surface area contributed by atoms with Crippen LogP contribution < -0.4 is 16.2 Å². The van der Waals surface area contributed by atoms with Gasteiger partial charge in [-0.05, 0) is 69.7 Å². The van der Waals surface area contributed by atoms with Gasteiger partial charge in [-0.3, -0.25) is 15.1 Å². The third-order valence-corrected chi connectivity index (χ3v) is 5.22. The second-order valence-corrected chi connectivity index (χ2v) is 7.48. The van der Waals surface area contributed by atoms with Gasteiger partial charge in [-0.25, -0.2) is 9.78 Å². The van der Waals surface area contributed by atoms with E-state index in [2.05, 4.69) is 25.7 Å². The van der Waals surface area contributed by atoms with Crippen LogP contribution in [-0.2, 0) is 12.8 Å². The number of aromatic nitrogens is 4. The van der Waals surface area contributed by atoms with E-state index in [-0.39, 0.29) is 5.56 Å². The molecule has 8 nitrogen and oxygen atoms in total. The molecule has 2 aromatic heterocycles. The lowest BCUT2D eigenvalue weighted by Crippen LogP contribution is -2.25. The number of aromatic amines is 1. The molecule has 2 amide bonds. The summed E-state index contributed by atoms with van der Waals surface area (Å²) in [6, 6.07) is 7.07. The van der Waals surface area contributed by atoms with Crippen molar-refractivity contribution in [3.63, 3.8) is 0 Å². The average Bonchev–Trinajstić information content (AvgIpc) is 3.04. The van der Waals surface area contributed by atoms with Crippen molar-refractivity contribution in [2.75, 3.05) is 10.6 Å². The number of nitrogens with zero attached hydrogens (tertiary/aromatic N) is 3. The smallest absolute Gasteiger partial charge is 0.308 e. The first-order valence-electron chi connectivity index (χ1n) is 9.75. The van der Waals surface area contributed by atoms with Gasteiger partial charge in [-0.15, -0.1) is 0 Å². The largest absolute Gasteiger partial charge is 0.324 e. The van der Waals surface area contributed by atoms with Crippen molar-refractivity contribution in [2.45, 2.75) is 46.5 Å². The lowest BCUT2D eigenvalue weighted by atomic mass is 9.97. The van der Waals surface area contributed by atoms with Crippen molar-refractivity contribution in [1.29, 1.82) is 0 Å². The molecular weight excluding hydrogens is 368 g/mol. The zero-order valence-electron chi connectivity index (χ0n) is 16.8. The fourth-order valence-corrected chi connectivity index (χ4v) is 3.54. The summed E-state index contributed by atoms with van der Waals surface area (Å²) in [5.41, 5.74) is 5.09. The van der Waals surface area contributed by atoms with E-state index in [1.165, 1.54) is 4.68 Å². The highest BCUT2D eigenvalue weighted by atomic mass is 16.2. The number of H-pyrrole nitrogens is 1. The molecule has 4 rings (SSSR count). The quantitative estimate of drug-likeness (QED) is 0.635. The Morgan fingerprint density at radius 1 is 1.07 bits per heavy atom. The molecule has 0 atom stereocenters. The van der Waals surface area contributed by atoms with E-state index in [1.807, 2.05) is 39.0 Å². The molecule has 1 aliphatic carbocycles. The first kappa shape index (κ1) is 18.9. The van der Waals surface area contributed by atoms with Crippen LogP contribution in [0.3, 0.4) is 0 Å². The number of carbonyl (C=O) groups excluding carboxylic acids is 1. The van der Waals surface area contributed by atoms with Crippen LogP contribution in [0.4, 0.5) is 16.3 Å². The zero-order valence-corrected chi connectivity index (χ0v) is 16.8. The maximum Gasteiger partial charge on any atom is 0.324 e. The summed E-state index contributed by atoms with van der Waals surface area (Å²) < 4.78 is 1.46. The molecule has 0 bridgehead atoms. The summed E-state index contributed by atoms with van der Waals surface area (Å²) in [4.78, 5) is 32.4. The summed E-state index contributed by atoms with van der Waals surface area (Å²) in [5.74, 6) is 0.743. The summed E-state index contributed by atoms with van der Waals surface area (Å²) in [6.07, 6.45) is 3.55. The number of anilines is 2. The van der Waals surface area contributed by atoms with Crippen LogP contribution in [0.5, 0.6) is 0 Å². The Morgan fingerprint density at radius 2 is 1.86 bits per heavy atom. The van der Waals surface area contributed by atoms with Gasteiger partial charge in [-0.1, -0.05) is 6.07 Å². The van der Waals surface area contributed by atoms with E-state index in [4.69, 9.17) is 0 Å². The Hall–Kier alpha value is -3.42. The van der Waals surface area contributed by atoms with Crippen LogP contribution in [0.15, 0.2) is 29.1 Å². The van der Waals surface area contributed by atoms with Crippen LogP contribution in [0.1, 0.15) is 40.9 Å². The summed E-state index contributed by atoms with van der Waals surface area (Å²) in [7, 11) is 0. The van der Waals surface area contributed by atoms with Gasteiger partial charge in [-0.2, -0.15) is 9.78 Å². The van der Waals surface area contributed by atoms with Crippen molar-refractivity contribution in [3.8, 4) is 5.95 Å². The summed E-state index contributed by atoms with van der Waals surface area (Å²) >= 11 is 0. The fraction of sp³-hybridized carbons (Fsp3) is 0.333. The number of hydrogen-bond acceptors (Lipinski definition) is 4. The molecule has 0 fully saturated rings. The SMILES string of the molecule is Cc1cc(NC(=O)Nc2ccc(C)c(C)c2)n(-c2nc3c(c(=O)[nH]2)CCCC3)n1. The van der Waals surface area contributed by atoms with Gasteiger partial charge >= 0.3 is 6.03 Å². The number of amides is 2. The third kappa shape index (κ3) is 3.91. The normalized spacial score (nSPS) is 13.1. The second-order valence-electron chi connectivity index (χ2n) is 7.48. The fourth-order valence-electron chi connectivity index (χ4n) is 3.54. The van der Waals surface area contributed by atoms with Gasteiger partial charge in [0, 0.05) is 17.3 Å². The molecule has 3 aromatic rings. The highest BCUT2D eigenvalue weighted by Gasteiger charge is 2.19. The Bertz CT molecular complexity index is 1140. The zero-order chi connectivity index (χ0) is 20.5. The van der Waals surface area contributed by atoms with Gasteiger partial charge in [0.25, 0.3) is 5.56 Å². The predicted octanol–water partition coefficient (Wildman–Crippen LogP) is 3.40. The standard InChI is InChI=1S/C21H24N6O2/c1-12-8-9-15(10-13(12)2)22-21(29)24-18-11-14(3)26-27(18)20-23-17-7-5-4-6-16(17)19(28)25-20/h8-11H,4-7H2,1-3H3,(H2,22,24,29)(H,23,25,28). The van der Waals surface area contributed by atoms with Gasteiger partial charge < -0.3 is 5.32 Å². The topological polar surface area (TPSA) is 105 Å². The van der Waals surface area contributed by atoms with Gasteiger partial charge in [0.05, 0.1) is 11.4 Å². The molecule has 0 aliphatic heterocycles. The minimum atomic E-state index is -0.394. The van der Waals surface area contributed by atoms with E-state index >= 15 is 0 Å². The number of fused-ring (bicyclic) bond motifs is 1. The Kier molecular flexibility index (Phi) is 4.92. The minimum absolute atomic E-state index is 0.136. The monoisotopic (exact) mass is 392 g/mol. The second kappa shape index (κ2) is 7.54. The van der Waals surface area contributed by atoms with Crippen molar-refractivity contribution in [1.82, 2.24) is 19.7 Å². The molecule has 0 spiro atoms. The molecule has 0 unspecified atom stereocenters. The molecule has 1 aliphatic rings. The van der Waals surface area contributed by atoms with Crippen molar-refractivity contribution >= 4 is 17.5 Å². The molecule has 2 heterocycles. The molecule has 0 saturated carbocycles. The first-order valence-corrected chi connectivity index (χ1v) is 9.75. The minimum Gasteiger partial charge on any atom is -0.308 e. The van der Waals surface area contributed by atoms with E-state index < -0.39 is 6.03 Å². The molecule has 150 valence electrons. The molecule has 1 aromatic carbocycles. The molecule has 3 N–H and O–H groups in total. The van der Waals surface area contributed by atoms with Gasteiger partial charge in [0.1, 0.15) is 5.82 Å². The summed E-state index contributed by atoms with van der Waals surface area (Å²) in [5, 5.41) is 10.0. The lowest BCUT2D eigenvalue weighted by Gasteiger charge is -2.15. The molecular formula is C21H24N6O2. The molecule has 8 heteroatoms. The molecule has 29 heavy (non-hydrogen) atoms. The van der Waals surface area contributed by atoms with Crippen LogP contribution in [0.2, 0.25) is 0 Å². The molecule has 0 saturated heterocycles. The van der Waals surface area contributed by atoms with Crippen molar-refractivity contribution < 1.29 is 4.79 Å². The van der Waals surface area contributed by atoms with Crippen molar-refractivity contribution in [3.05, 3.63) is 62.7 Å². The number of benzene rings is 1. The Balaban J connectivity index is 1.60. The van der Waals surface area contributed by atoms with Gasteiger partial charge in [0.15, 0.2) is 0 Å². The number of rotatable bonds is 3. The Morgan fingerprint density at radius 3 is 2.66 bits per heavy atom. The third-order valence-electron chi connectivity index (χ3n) is 5.22. The highest BCUT2D eigenvalue weighted by molar-refractivity contribution is 5.99. The number of hydrogen-bond donors (Lipinski definition) is 3. The first-order chi connectivity index (χ1) is 13.9. The van der Waals surface area contributed by atoms with Crippen molar-refractivity contribution in [2.24, 2.45) is 0 Å². The number of urea groups is 1.